The van der Waals surface area contributed by atoms with E-state index in [4.69, 9.17) is 4.74 Å². The van der Waals surface area contributed by atoms with Crippen LogP contribution in [0.3, 0.4) is 0 Å². The van der Waals surface area contributed by atoms with Crippen LogP contribution < -0.4 is 5.32 Å². The molecular formula is C11H25NO2. The number of ether oxygens (including phenoxy) is 1. The molecule has 3 atom stereocenters. The first-order valence-electron chi connectivity index (χ1n) is 5.55. The molecule has 2 N–H and O–H groups in total. The Morgan fingerprint density at radius 3 is 2.29 bits per heavy atom. The molecule has 0 heterocycles. The van der Waals surface area contributed by atoms with E-state index in [0.29, 0.717) is 18.6 Å². The minimum absolute atomic E-state index is 0.195. The van der Waals surface area contributed by atoms with Gasteiger partial charge in [-0.05, 0) is 12.3 Å². The fourth-order valence-corrected chi connectivity index (χ4v) is 1.47. The van der Waals surface area contributed by atoms with Crippen molar-refractivity contribution in [2.24, 2.45) is 5.92 Å². The van der Waals surface area contributed by atoms with Crippen LogP contribution in [-0.2, 0) is 4.74 Å². The van der Waals surface area contributed by atoms with Gasteiger partial charge in [-0.1, -0.05) is 27.2 Å². The number of rotatable bonds is 8. The van der Waals surface area contributed by atoms with Crippen molar-refractivity contribution < 1.29 is 9.84 Å². The molecule has 0 aliphatic heterocycles. The van der Waals surface area contributed by atoms with Crippen LogP contribution in [0.4, 0.5) is 0 Å². The van der Waals surface area contributed by atoms with Gasteiger partial charge in [0.15, 0.2) is 0 Å². The van der Waals surface area contributed by atoms with Crippen LogP contribution in [0.1, 0.15) is 33.6 Å². The summed E-state index contributed by atoms with van der Waals surface area (Å²) in [6.45, 7) is 7.35. The van der Waals surface area contributed by atoms with Crippen molar-refractivity contribution >= 4 is 0 Å². The molecule has 0 spiro atoms. The van der Waals surface area contributed by atoms with Gasteiger partial charge < -0.3 is 15.2 Å². The van der Waals surface area contributed by atoms with Crippen LogP contribution in [0.2, 0.25) is 0 Å². The fourth-order valence-electron chi connectivity index (χ4n) is 1.47. The van der Waals surface area contributed by atoms with Crippen LogP contribution >= 0.6 is 0 Å². The lowest BCUT2D eigenvalue weighted by Gasteiger charge is -2.27. The average molecular weight is 203 g/mol. The molecule has 3 unspecified atom stereocenters. The van der Waals surface area contributed by atoms with Crippen molar-refractivity contribution in [3.63, 3.8) is 0 Å². The van der Waals surface area contributed by atoms with E-state index >= 15 is 0 Å². The van der Waals surface area contributed by atoms with Crippen LogP contribution in [-0.4, -0.2) is 37.5 Å². The quantitative estimate of drug-likeness (QED) is 0.626. The Labute approximate surface area is 87.8 Å². The summed E-state index contributed by atoms with van der Waals surface area (Å²) < 4.78 is 5.11. The molecule has 0 saturated heterocycles. The molecule has 0 aromatic heterocycles. The number of hydrogen-bond donors (Lipinski definition) is 2. The summed E-state index contributed by atoms with van der Waals surface area (Å²) >= 11 is 0. The van der Waals surface area contributed by atoms with Gasteiger partial charge in [-0.15, -0.1) is 0 Å². The maximum Gasteiger partial charge on any atom is 0.0615 e. The molecule has 14 heavy (non-hydrogen) atoms. The Hall–Kier alpha value is -0.120. The van der Waals surface area contributed by atoms with Gasteiger partial charge in [0.05, 0.1) is 13.2 Å². The van der Waals surface area contributed by atoms with Crippen LogP contribution in [0, 0.1) is 5.92 Å². The van der Waals surface area contributed by atoms with E-state index in [1.807, 2.05) is 0 Å². The molecule has 0 saturated carbocycles. The summed E-state index contributed by atoms with van der Waals surface area (Å²) in [6.07, 6.45) is 2.11. The van der Waals surface area contributed by atoms with Crippen LogP contribution in [0.5, 0.6) is 0 Å². The van der Waals surface area contributed by atoms with Crippen LogP contribution in [0.15, 0.2) is 0 Å². The Kier molecular flexibility index (Phi) is 8.14. The molecule has 0 aliphatic rings. The Morgan fingerprint density at radius 1 is 1.29 bits per heavy atom. The van der Waals surface area contributed by atoms with Crippen LogP contribution in [0.25, 0.3) is 0 Å². The fraction of sp³-hybridized carbons (Fsp3) is 1.00. The van der Waals surface area contributed by atoms with Gasteiger partial charge in [0.25, 0.3) is 0 Å². The third-order valence-electron chi connectivity index (χ3n) is 2.84. The second kappa shape index (κ2) is 8.21. The van der Waals surface area contributed by atoms with E-state index in [1.54, 1.807) is 7.11 Å². The molecule has 0 amide bonds. The highest BCUT2D eigenvalue weighted by Gasteiger charge is 2.17. The lowest BCUT2D eigenvalue weighted by molar-refractivity contribution is 0.132. The largest absolute Gasteiger partial charge is 0.395 e. The van der Waals surface area contributed by atoms with Crippen molar-refractivity contribution in [2.75, 3.05) is 20.3 Å². The highest BCUT2D eigenvalue weighted by molar-refractivity contribution is 4.76. The molecule has 0 aromatic carbocycles. The number of aliphatic hydroxyl groups is 1. The minimum Gasteiger partial charge on any atom is -0.395 e. The van der Waals surface area contributed by atoms with Gasteiger partial charge in [-0.25, -0.2) is 0 Å². The van der Waals surface area contributed by atoms with E-state index < -0.39 is 0 Å². The summed E-state index contributed by atoms with van der Waals surface area (Å²) in [5.41, 5.74) is 0. The predicted octanol–water partition coefficient (Wildman–Crippen LogP) is 1.41. The van der Waals surface area contributed by atoms with Gasteiger partial charge in [-0.2, -0.15) is 0 Å². The zero-order valence-corrected chi connectivity index (χ0v) is 9.92. The monoisotopic (exact) mass is 203 g/mol. The lowest BCUT2D eigenvalue weighted by atomic mass is 9.99. The van der Waals surface area contributed by atoms with Crippen molar-refractivity contribution in [1.29, 1.82) is 0 Å². The van der Waals surface area contributed by atoms with Crippen molar-refractivity contribution in [2.45, 2.75) is 45.7 Å². The first kappa shape index (κ1) is 13.9. The normalized spacial score (nSPS) is 17.8. The molecule has 3 heteroatoms. The number of aliphatic hydroxyl groups excluding tert-OH is 1. The molecule has 0 bridgehead atoms. The standard InChI is InChI=1S/C11H25NO2/c1-5-9(3)11(7-13)12-10(6-2)8-14-4/h9-13H,5-8H2,1-4H3. The van der Waals surface area contributed by atoms with Crippen molar-refractivity contribution in [3.8, 4) is 0 Å². The molecule has 0 aromatic rings. The van der Waals surface area contributed by atoms with Crippen molar-refractivity contribution in [3.05, 3.63) is 0 Å². The maximum absolute atomic E-state index is 9.24. The molecule has 3 nitrogen and oxygen atoms in total. The smallest absolute Gasteiger partial charge is 0.0615 e. The van der Waals surface area contributed by atoms with E-state index in [2.05, 4.69) is 26.1 Å². The third kappa shape index (κ3) is 4.94. The molecule has 0 radical (unpaired) electrons. The highest BCUT2D eigenvalue weighted by atomic mass is 16.5. The summed E-state index contributed by atoms with van der Waals surface area (Å²) in [6, 6.07) is 0.547. The first-order valence-corrected chi connectivity index (χ1v) is 5.55. The highest BCUT2D eigenvalue weighted by Crippen LogP contribution is 2.08. The van der Waals surface area contributed by atoms with E-state index in [0.717, 1.165) is 12.8 Å². The maximum atomic E-state index is 9.24. The Bertz CT molecular complexity index is 130. The third-order valence-corrected chi connectivity index (χ3v) is 2.84. The number of nitrogens with one attached hydrogen (secondary N) is 1. The zero-order chi connectivity index (χ0) is 11.0. The van der Waals surface area contributed by atoms with Gasteiger partial charge in [0, 0.05) is 19.2 Å². The average Bonchev–Trinajstić information content (AvgIpc) is 2.23. The summed E-state index contributed by atoms with van der Waals surface area (Å²) in [5, 5.41) is 12.7. The second-order valence-corrected chi connectivity index (χ2v) is 3.90. The van der Waals surface area contributed by atoms with E-state index in [1.165, 1.54) is 0 Å². The lowest BCUT2D eigenvalue weighted by Crippen LogP contribution is -2.45. The molecule has 0 rings (SSSR count). The van der Waals surface area contributed by atoms with Gasteiger partial charge in [-0.3, -0.25) is 0 Å². The predicted molar refractivity (Wildman–Crippen MR) is 59.4 cm³/mol. The molecular weight excluding hydrogens is 178 g/mol. The first-order chi connectivity index (χ1) is 6.69. The second-order valence-electron chi connectivity index (χ2n) is 3.90. The number of hydrogen-bond acceptors (Lipinski definition) is 3. The van der Waals surface area contributed by atoms with Gasteiger partial charge in [0.2, 0.25) is 0 Å². The SMILES string of the molecule is CCC(COC)NC(CO)C(C)CC. The van der Waals surface area contributed by atoms with E-state index in [-0.39, 0.29) is 12.6 Å². The summed E-state index contributed by atoms with van der Waals surface area (Å²) in [4.78, 5) is 0. The minimum atomic E-state index is 0.195. The molecule has 0 aliphatic carbocycles. The summed E-state index contributed by atoms with van der Waals surface area (Å²) in [5.74, 6) is 0.505. The summed E-state index contributed by atoms with van der Waals surface area (Å²) in [7, 11) is 1.71. The Balaban J connectivity index is 3.99. The Morgan fingerprint density at radius 2 is 1.93 bits per heavy atom. The topological polar surface area (TPSA) is 41.5 Å². The number of methoxy groups -OCH3 is 1. The molecule has 0 fully saturated rings. The van der Waals surface area contributed by atoms with Crippen molar-refractivity contribution in [1.82, 2.24) is 5.32 Å². The van der Waals surface area contributed by atoms with Gasteiger partial charge >= 0.3 is 0 Å². The zero-order valence-electron chi connectivity index (χ0n) is 9.92. The van der Waals surface area contributed by atoms with E-state index in [9.17, 15) is 5.11 Å². The van der Waals surface area contributed by atoms with Gasteiger partial charge in [0.1, 0.15) is 0 Å². The molecule has 86 valence electrons.